The second kappa shape index (κ2) is 5.83. The number of pyridine rings is 1. The van der Waals surface area contributed by atoms with Crippen LogP contribution in [0.4, 0.5) is 11.5 Å². The number of anilines is 2. The summed E-state index contributed by atoms with van der Waals surface area (Å²) in [7, 11) is 1.88. The number of carbonyl (C=O) groups is 1. The van der Waals surface area contributed by atoms with Crippen molar-refractivity contribution in [2.45, 2.75) is 19.8 Å². The Bertz CT molecular complexity index is 1130. The summed E-state index contributed by atoms with van der Waals surface area (Å²) in [5, 5.41) is 14.8. The normalized spacial score (nSPS) is 11.5. The van der Waals surface area contributed by atoms with Crippen LogP contribution in [0.15, 0.2) is 37.1 Å². The first kappa shape index (κ1) is 16.1. The summed E-state index contributed by atoms with van der Waals surface area (Å²) in [6.45, 7) is 3.93. The number of carboxylic acids is 1. The van der Waals surface area contributed by atoms with E-state index in [4.69, 9.17) is 0 Å². The Morgan fingerprint density at radius 3 is 2.88 bits per heavy atom. The van der Waals surface area contributed by atoms with E-state index in [9.17, 15) is 9.90 Å². The second-order valence-corrected chi connectivity index (χ2v) is 6.46. The average molecular weight is 350 g/mol. The van der Waals surface area contributed by atoms with Gasteiger partial charge in [0.05, 0.1) is 17.4 Å². The predicted molar refractivity (Wildman–Crippen MR) is 98.2 cm³/mol. The lowest BCUT2D eigenvalue weighted by Gasteiger charge is -2.20. The molecule has 0 atom stereocenters. The van der Waals surface area contributed by atoms with Crippen LogP contribution in [0.25, 0.3) is 16.6 Å². The molecule has 8 heteroatoms. The second-order valence-electron chi connectivity index (χ2n) is 6.46. The first-order valence-corrected chi connectivity index (χ1v) is 8.23. The Labute approximate surface area is 149 Å². The Hall–Kier alpha value is -3.42. The number of nitrogens with zero attached hydrogens (tertiary/aromatic N) is 5. The number of fused-ring (bicyclic) bond motifs is 2. The van der Waals surface area contributed by atoms with E-state index in [1.807, 2.05) is 44.1 Å². The van der Waals surface area contributed by atoms with Gasteiger partial charge in [-0.3, -0.25) is 0 Å². The number of aromatic nitrogens is 5. The minimum Gasteiger partial charge on any atom is -0.478 e. The maximum atomic E-state index is 11.7. The van der Waals surface area contributed by atoms with Crippen molar-refractivity contribution < 1.29 is 9.90 Å². The number of carboxylic acid groups (broad SMARTS) is 1. The molecule has 0 saturated heterocycles. The van der Waals surface area contributed by atoms with Gasteiger partial charge in [-0.1, -0.05) is 13.8 Å². The third kappa shape index (κ3) is 2.38. The van der Waals surface area contributed by atoms with Gasteiger partial charge in [0.15, 0.2) is 5.82 Å². The molecule has 0 aliphatic heterocycles. The van der Waals surface area contributed by atoms with E-state index >= 15 is 0 Å². The highest BCUT2D eigenvalue weighted by atomic mass is 16.4. The largest absolute Gasteiger partial charge is 0.478 e. The first-order valence-electron chi connectivity index (χ1n) is 8.23. The highest BCUT2D eigenvalue weighted by Crippen LogP contribution is 2.34. The smallest absolute Gasteiger partial charge is 0.337 e. The number of hydrogen-bond acceptors (Lipinski definition) is 5. The van der Waals surface area contributed by atoms with Crippen LogP contribution in [-0.4, -0.2) is 42.7 Å². The van der Waals surface area contributed by atoms with E-state index in [1.165, 1.54) is 6.33 Å². The molecular weight excluding hydrogens is 332 g/mol. The lowest BCUT2D eigenvalue weighted by atomic mass is 10.00. The van der Waals surface area contributed by atoms with Crippen molar-refractivity contribution in [3.63, 3.8) is 0 Å². The maximum Gasteiger partial charge on any atom is 0.337 e. The minimum atomic E-state index is -0.969. The van der Waals surface area contributed by atoms with E-state index < -0.39 is 5.97 Å². The third-order valence-electron chi connectivity index (χ3n) is 4.49. The van der Waals surface area contributed by atoms with Crippen LogP contribution in [0.2, 0.25) is 0 Å². The van der Waals surface area contributed by atoms with Gasteiger partial charge < -0.3 is 15.0 Å². The fourth-order valence-electron chi connectivity index (χ4n) is 3.25. The molecule has 2 N–H and O–H groups in total. The fraction of sp³-hybridized carbons (Fsp3) is 0.222. The van der Waals surface area contributed by atoms with E-state index in [0.717, 1.165) is 22.3 Å². The van der Waals surface area contributed by atoms with Crippen molar-refractivity contribution in [3.8, 4) is 0 Å². The molecular formula is C18H18N6O2. The number of aromatic amines is 1. The molecule has 0 saturated carbocycles. The van der Waals surface area contributed by atoms with Crippen molar-refractivity contribution in [2.24, 2.45) is 0 Å². The van der Waals surface area contributed by atoms with Crippen LogP contribution in [-0.2, 0) is 0 Å². The Balaban J connectivity index is 1.94. The van der Waals surface area contributed by atoms with Crippen molar-refractivity contribution in [1.29, 1.82) is 0 Å². The fourth-order valence-corrected chi connectivity index (χ4v) is 3.25. The molecule has 0 aromatic carbocycles. The van der Waals surface area contributed by atoms with Crippen molar-refractivity contribution in [2.75, 3.05) is 11.9 Å². The zero-order valence-electron chi connectivity index (χ0n) is 14.6. The standard InChI is InChI=1S/C18H18N6O2/c1-10(2)14-13(18(25)26)8-24-15(14)17(21-9-22-24)23(3)12-6-11-4-5-19-16(11)20-7-12/h4-10H,1-3H3,(H,19,20)(H,25,26). The Morgan fingerprint density at radius 2 is 2.15 bits per heavy atom. The summed E-state index contributed by atoms with van der Waals surface area (Å²) < 4.78 is 1.58. The lowest BCUT2D eigenvalue weighted by molar-refractivity contribution is 0.0695. The molecule has 8 nitrogen and oxygen atoms in total. The monoisotopic (exact) mass is 350 g/mol. The van der Waals surface area contributed by atoms with E-state index in [2.05, 4.69) is 20.1 Å². The van der Waals surface area contributed by atoms with Crippen molar-refractivity contribution in [3.05, 3.63) is 48.2 Å². The lowest BCUT2D eigenvalue weighted by Crippen LogP contribution is -2.14. The molecule has 0 unspecified atom stereocenters. The van der Waals surface area contributed by atoms with Crippen LogP contribution in [0, 0.1) is 0 Å². The third-order valence-corrected chi connectivity index (χ3v) is 4.49. The number of aromatic carboxylic acids is 1. The summed E-state index contributed by atoms with van der Waals surface area (Å²) in [5.74, 6) is -0.328. The quantitative estimate of drug-likeness (QED) is 0.586. The van der Waals surface area contributed by atoms with Gasteiger partial charge in [0.25, 0.3) is 0 Å². The van der Waals surface area contributed by atoms with Gasteiger partial charge in [0.1, 0.15) is 17.5 Å². The van der Waals surface area contributed by atoms with Gasteiger partial charge in [-0.15, -0.1) is 0 Å². The highest BCUT2D eigenvalue weighted by Gasteiger charge is 2.24. The number of nitrogens with one attached hydrogen (secondary N) is 1. The summed E-state index contributed by atoms with van der Waals surface area (Å²) in [6, 6.07) is 3.96. The van der Waals surface area contributed by atoms with Crippen molar-refractivity contribution >= 4 is 34.0 Å². The van der Waals surface area contributed by atoms with Gasteiger partial charge in [-0.05, 0) is 18.1 Å². The van der Waals surface area contributed by atoms with Gasteiger partial charge in [-0.25, -0.2) is 19.3 Å². The topological polar surface area (TPSA) is 99.4 Å². The number of hydrogen-bond donors (Lipinski definition) is 2. The van der Waals surface area contributed by atoms with Crippen LogP contribution >= 0.6 is 0 Å². The summed E-state index contributed by atoms with van der Waals surface area (Å²) >= 11 is 0. The van der Waals surface area contributed by atoms with E-state index in [1.54, 1.807) is 16.9 Å². The molecule has 0 aliphatic carbocycles. The molecule has 132 valence electrons. The molecule has 0 radical (unpaired) electrons. The zero-order valence-corrected chi connectivity index (χ0v) is 14.6. The molecule has 0 bridgehead atoms. The van der Waals surface area contributed by atoms with Crippen LogP contribution in [0.5, 0.6) is 0 Å². The Morgan fingerprint density at radius 1 is 1.35 bits per heavy atom. The maximum absolute atomic E-state index is 11.7. The summed E-state index contributed by atoms with van der Waals surface area (Å²) in [6.07, 6.45) is 6.57. The minimum absolute atomic E-state index is 0.00882. The SMILES string of the molecule is CC(C)c1c(C(=O)O)cn2ncnc(N(C)c3cnc4[nH]ccc4c3)c12. The van der Waals surface area contributed by atoms with E-state index in [-0.39, 0.29) is 11.5 Å². The highest BCUT2D eigenvalue weighted by molar-refractivity contribution is 5.95. The van der Waals surface area contributed by atoms with Crippen LogP contribution in [0.1, 0.15) is 35.7 Å². The summed E-state index contributed by atoms with van der Waals surface area (Å²) in [5.41, 5.74) is 3.32. The average Bonchev–Trinajstić information content (AvgIpc) is 3.24. The molecule has 4 aromatic rings. The van der Waals surface area contributed by atoms with Crippen LogP contribution in [0.3, 0.4) is 0 Å². The number of rotatable bonds is 4. The van der Waals surface area contributed by atoms with Gasteiger partial charge in [-0.2, -0.15) is 5.10 Å². The summed E-state index contributed by atoms with van der Waals surface area (Å²) in [4.78, 5) is 25.5. The predicted octanol–water partition coefficient (Wildman–Crippen LogP) is 3.20. The number of H-pyrrole nitrogens is 1. The van der Waals surface area contributed by atoms with E-state index in [0.29, 0.717) is 11.3 Å². The molecule has 0 aliphatic rings. The van der Waals surface area contributed by atoms with Crippen molar-refractivity contribution in [1.82, 2.24) is 24.6 Å². The molecule has 0 spiro atoms. The van der Waals surface area contributed by atoms with Gasteiger partial charge >= 0.3 is 5.97 Å². The first-order chi connectivity index (χ1) is 12.5. The molecule has 0 amide bonds. The molecule has 4 aromatic heterocycles. The van der Waals surface area contributed by atoms with Gasteiger partial charge in [0, 0.05) is 30.4 Å². The zero-order chi connectivity index (χ0) is 18.4. The molecule has 4 rings (SSSR count). The van der Waals surface area contributed by atoms with Gasteiger partial charge in [0.2, 0.25) is 0 Å². The Kier molecular flexibility index (Phi) is 3.61. The molecule has 26 heavy (non-hydrogen) atoms. The van der Waals surface area contributed by atoms with Crippen LogP contribution < -0.4 is 4.90 Å². The molecule has 0 fully saturated rings. The molecule has 4 heterocycles.